The van der Waals surface area contributed by atoms with E-state index in [-0.39, 0.29) is 10.8 Å². The van der Waals surface area contributed by atoms with Crippen molar-refractivity contribution < 1.29 is 4.79 Å². The van der Waals surface area contributed by atoms with E-state index in [2.05, 4.69) is 26.5 Å². The molecule has 0 aromatic heterocycles. The van der Waals surface area contributed by atoms with E-state index < -0.39 is 0 Å². The number of ketones is 1. The standard InChI is InChI=1S/C10H16OS/c1-9-4-3-7(5-8(9)11)10(9,2)6-12/h7,12H,3-6H2,1-2H3/t7-,9+,10-/m1/s1. The molecule has 0 aliphatic heterocycles. The van der Waals surface area contributed by atoms with Crippen LogP contribution in [0.15, 0.2) is 0 Å². The van der Waals surface area contributed by atoms with Gasteiger partial charge in [-0.05, 0) is 29.9 Å². The number of hydrogen-bond donors (Lipinski definition) is 1. The Morgan fingerprint density at radius 3 is 2.50 bits per heavy atom. The van der Waals surface area contributed by atoms with Crippen LogP contribution in [-0.4, -0.2) is 11.5 Å². The van der Waals surface area contributed by atoms with Gasteiger partial charge in [0.05, 0.1) is 0 Å². The minimum Gasteiger partial charge on any atom is -0.299 e. The summed E-state index contributed by atoms with van der Waals surface area (Å²) in [5.74, 6) is 1.96. The van der Waals surface area contributed by atoms with E-state index in [1.165, 1.54) is 6.42 Å². The van der Waals surface area contributed by atoms with Crippen LogP contribution >= 0.6 is 12.6 Å². The fraction of sp³-hybridized carbons (Fsp3) is 0.900. The molecule has 2 saturated carbocycles. The topological polar surface area (TPSA) is 17.1 Å². The van der Waals surface area contributed by atoms with Gasteiger partial charge in [0, 0.05) is 11.8 Å². The van der Waals surface area contributed by atoms with Gasteiger partial charge in [0.25, 0.3) is 0 Å². The smallest absolute Gasteiger partial charge is 0.139 e. The van der Waals surface area contributed by atoms with Crippen molar-refractivity contribution in [2.45, 2.75) is 33.1 Å². The van der Waals surface area contributed by atoms with Crippen LogP contribution in [0.25, 0.3) is 0 Å². The van der Waals surface area contributed by atoms with Gasteiger partial charge < -0.3 is 0 Å². The zero-order valence-electron chi connectivity index (χ0n) is 7.76. The van der Waals surface area contributed by atoms with Gasteiger partial charge in [0.2, 0.25) is 0 Å². The van der Waals surface area contributed by atoms with Crippen LogP contribution in [-0.2, 0) is 4.79 Å². The molecule has 2 fully saturated rings. The summed E-state index contributed by atoms with van der Waals surface area (Å²) in [6.07, 6.45) is 3.14. The summed E-state index contributed by atoms with van der Waals surface area (Å²) >= 11 is 4.40. The van der Waals surface area contributed by atoms with Crippen LogP contribution in [0.1, 0.15) is 33.1 Å². The monoisotopic (exact) mass is 184 g/mol. The van der Waals surface area contributed by atoms with Crippen molar-refractivity contribution in [3.8, 4) is 0 Å². The fourth-order valence-corrected chi connectivity index (χ4v) is 3.66. The number of hydrogen-bond acceptors (Lipinski definition) is 2. The van der Waals surface area contributed by atoms with Crippen molar-refractivity contribution in [3.63, 3.8) is 0 Å². The quantitative estimate of drug-likeness (QED) is 0.619. The second-order valence-corrected chi connectivity index (χ2v) is 5.09. The predicted molar refractivity (Wildman–Crippen MR) is 52.4 cm³/mol. The zero-order valence-corrected chi connectivity index (χ0v) is 8.66. The maximum atomic E-state index is 11.7. The molecule has 0 amide bonds. The molecule has 68 valence electrons. The molecule has 3 atom stereocenters. The molecule has 2 aliphatic carbocycles. The van der Waals surface area contributed by atoms with Crippen molar-refractivity contribution >= 4 is 18.4 Å². The molecule has 0 heterocycles. The van der Waals surface area contributed by atoms with Gasteiger partial charge in [-0.25, -0.2) is 0 Å². The zero-order chi connectivity index (χ0) is 8.98. The van der Waals surface area contributed by atoms with E-state index >= 15 is 0 Å². The summed E-state index contributed by atoms with van der Waals surface area (Å²) in [7, 11) is 0. The highest BCUT2D eigenvalue weighted by Crippen LogP contribution is 2.64. The largest absolute Gasteiger partial charge is 0.299 e. The second-order valence-electron chi connectivity index (χ2n) is 4.77. The fourth-order valence-electron chi connectivity index (χ4n) is 3.06. The van der Waals surface area contributed by atoms with Gasteiger partial charge in [0.15, 0.2) is 0 Å². The van der Waals surface area contributed by atoms with Gasteiger partial charge in [0.1, 0.15) is 5.78 Å². The molecule has 2 heteroatoms. The number of thiol groups is 1. The first-order valence-corrected chi connectivity index (χ1v) is 5.32. The normalized spacial score (nSPS) is 51.9. The Morgan fingerprint density at radius 2 is 2.25 bits per heavy atom. The van der Waals surface area contributed by atoms with Gasteiger partial charge in [-0.1, -0.05) is 13.8 Å². The van der Waals surface area contributed by atoms with Gasteiger partial charge >= 0.3 is 0 Å². The van der Waals surface area contributed by atoms with Gasteiger partial charge in [-0.15, -0.1) is 0 Å². The van der Waals surface area contributed by atoms with E-state index in [9.17, 15) is 4.79 Å². The Kier molecular flexibility index (Phi) is 1.64. The van der Waals surface area contributed by atoms with E-state index in [0.717, 1.165) is 18.6 Å². The highest BCUT2D eigenvalue weighted by Gasteiger charge is 2.62. The van der Waals surface area contributed by atoms with Crippen LogP contribution in [0.2, 0.25) is 0 Å². The Hall–Kier alpha value is 0.0200. The summed E-state index contributed by atoms with van der Waals surface area (Å²) in [5, 5.41) is 0. The van der Waals surface area contributed by atoms with Crippen LogP contribution in [0.4, 0.5) is 0 Å². The number of carbonyl (C=O) groups is 1. The lowest BCUT2D eigenvalue weighted by Crippen LogP contribution is -2.36. The summed E-state index contributed by atoms with van der Waals surface area (Å²) in [6.45, 7) is 4.38. The van der Waals surface area contributed by atoms with Crippen LogP contribution in [0, 0.1) is 16.7 Å². The lowest BCUT2D eigenvalue weighted by molar-refractivity contribution is -0.128. The molecule has 0 spiro atoms. The number of rotatable bonds is 1. The second kappa shape index (κ2) is 2.28. The third kappa shape index (κ3) is 0.704. The predicted octanol–water partition coefficient (Wildman–Crippen LogP) is 2.31. The molecule has 2 bridgehead atoms. The molecule has 2 rings (SSSR count). The first kappa shape index (κ1) is 8.61. The molecule has 1 nitrogen and oxygen atoms in total. The summed E-state index contributed by atoms with van der Waals surface area (Å²) in [6, 6.07) is 0. The lowest BCUT2D eigenvalue weighted by atomic mass is 9.70. The molecule has 2 aliphatic rings. The van der Waals surface area contributed by atoms with Crippen LogP contribution < -0.4 is 0 Å². The van der Waals surface area contributed by atoms with Gasteiger partial charge in [-0.3, -0.25) is 4.79 Å². The maximum Gasteiger partial charge on any atom is 0.139 e. The summed E-state index contributed by atoms with van der Waals surface area (Å²) < 4.78 is 0. The van der Waals surface area contributed by atoms with E-state index in [1.807, 2.05) is 0 Å². The van der Waals surface area contributed by atoms with Crippen molar-refractivity contribution in [3.05, 3.63) is 0 Å². The van der Waals surface area contributed by atoms with Crippen LogP contribution in [0.3, 0.4) is 0 Å². The highest BCUT2D eigenvalue weighted by molar-refractivity contribution is 7.80. The Morgan fingerprint density at radius 1 is 1.58 bits per heavy atom. The lowest BCUT2D eigenvalue weighted by Gasteiger charge is -2.35. The van der Waals surface area contributed by atoms with E-state index in [1.54, 1.807) is 0 Å². The van der Waals surface area contributed by atoms with Crippen molar-refractivity contribution in [2.24, 2.45) is 16.7 Å². The van der Waals surface area contributed by atoms with E-state index in [0.29, 0.717) is 11.7 Å². The van der Waals surface area contributed by atoms with Crippen molar-refractivity contribution in [1.29, 1.82) is 0 Å². The number of Topliss-reactive ketones (excluding diaryl/α,β-unsaturated/α-hetero) is 1. The van der Waals surface area contributed by atoms with Gasteiger partial charge in [-0.2, -0.15) is 12.6 Å². The first-order valence-electron chi connectivity index (χ1n) is 4.69. The maximum absolute atomic E-state index is 11.7. The third-order valence-corrected chi connectivity index (χ3v) is 5.19. The minimum atomic E-state index is -0.0422. The molecular formula is C10H16OS. The Labute approximate surface area is 79.3 Å². The molecule has 0 aromatic carbocycles. The molecule has 0 unspecified atom stereocenters. The minimum absolute atomic E-state index is 0.0422. The molecular weight excluding hydrogens is 168 g/mol. The molecule has 0 N–H and O–H groups in total. The van der Waals surface area contributed by atoms with Crippen molar-refractivity contribution in [2.75, 3.05) is 5.75 Å². The highest BCUT2D eigenvalue weighted by atomic mass is 32.1. The van der Waals surface area contributed by atoms with E-state index in [4.69, 9.17) is 0 Å². The molecule has 12 heavy (non-hydrogen) atoms. The molecule has 0 aromatic rings. The number of carbonyl (C=O) groups excluding carboxylic acids is 1. The average Bonchev–Trinajstić information content (AvgIpc) is 2.39. The Balaban J connectivity index is 2.44. The number of fused-ring (bicyclic) bond motifs is 2. The first-order chi connectivity index (χ1) is 5.54. The summed E-state index contributed by atoms with van der Waals surface area (Å²) in [5.41, 5.74) is 0.145. The molecule has 0 saturated heterocycles. The third-order valence-electron chi connectivity index (χ3n) is 4.53. The SMILES string of the molecule is C[C@]12CC[C@H](CC1=O)[C@@]2(C)CS. The molecule has 0 radical (unpaired) electrons. The van der Waals surface area contributed by atoms with Crippen molar-refractivity contribution in [1.82, 2.24) is 0 Å². The summed E-state index contributed by atoms with van der Waals surface area (Å²) in [4.78, 5) is 11.7. The Bertz CT molecular complexity index is 238. The average molecular weight is 184 g/mol. The van der Waals surface area contributed by atoms with Crippen LogP contribution in [0.5, 0.6) is 0 Å².